The summed E-state index contributed by atoms with van der Waals surface area (Å²) >= 11 is 0. The molecule has 0 saturated carbocycles. The van der Waals surface area contributed by atoms with Gasteiger partial charge in [-0.25, -0.2) is 0 Å². The largest absolute Gasteiger partial charge is 0.437 e. The van der Waals surface area contributed by atoms with Crippen LogP contribution < -0.4 is 0 Å². The molecule has 29 heavy (non-hydrogen) atoms. The zero-order valence-electron chi connectivity index (χ0n) is 20.2. The quantitative estimate of drug-likeness (QED) is 0.236. The normalized spacial score (nSPS) is 16.9. The van der Waals surface area contributed by atoms with E-state index < -0.39 is 43.5 Å². The Balaban J connectivity index is 4.43. The van der Waals surface area contributed by atoms with E-state index >= 15 is 0 Å². The summed E-state index contributed by atoms with van der Waals surface area (Å²) in [5.74, 6) is 0. The first-order chi connectivity index (χ1) is 13.0. The van der Waals surface area contributed by atoms with Gasteiger partial charge in [-0.2, -0.15) is 0 Å². The number of hydrogen-bond acceptors (Lipinski definition) is 7. The van der Waals surface area contributed by atoms with Crippen LogP contribution in [0.5, 0.6) is 0 Å². The summed E-state index contributed by atoms with van der Waals surface area (Å²) in [5, 5.41) is 29.4. The van der Waals surface area contributed by atoms with Gasteiger partial charge in [0.25, 0.3) is 0 Å². The first-order valence-electron chi connectivity index (χ1n) is 10.8. The topological polar surface area (TPSA) is 91.6 Å². The lowest BCUT2D eigenvalue weighted by Crippen LogP contribution is -2.52. The lowest BCUT2D eigenvalue weighted by Gasteiger charge is -2.38. The van der Waals surface area contributed by atoms with Gasteiger partial charge < -0.3 is 28.3 Å². The van der Waals surface area contributed by atoms with Crippen LogP contribution in [0.1, 0.15) is 20.3 Å². The molecule has 0 saturated heterocycles. The third-order valence-corrected chi connectivity index (χ3v) is 13.4. The first-order valence-corrected chi connectivity index (χ1v) is 20.1. The number of rotatable bonds is 16. The molecule has 10 heteroatoms. The predicted molar refractivity (Wildman–Crippen MR) is 127 cm³/mol. The van der Waals surface area contributed by atoms with Crippen LogP contribution in [0, 0.1) is 0 Å². The van der Waals surface area contributed by atoms with Crippen molar-refractivity contribution in [1.82, 2.24) is 4.90 Å². The second-order valence-corrected chi connectivity index (χ2v) is 23.2. The van der Waals surface area contributed by atoms with E-state index in [2.05, 4.69) is 45.8 Å². The van der Waals surface area contributed by atoms with Crippen LogP contribution in [-0.2, 0) is 13.0 Å². The molecule has 0 fully saturated rings. The lowest BCUT2D eigenvalue weighted by atomic mass is 10.2. The smallest absolute Gasteiger partial charge is 0.314 e. The van der Waals surface area contributed by atoms with Crippen molar-refractivity contribution < 1.29 is 28.3 Å². The predicted octanol–water partition coefficient (Wildman–Crippen LogP) is 2.59. The Kier molecular flexibility index (Phi) is 13.2. The fourth-order valence-corrected chi connectivity index (χ4v) is 16.0. The highest BCUT2D eigenvalue weighted by Gasteiger charge is 2.39. The fraction of sp³-hybridized carbons (Fsp3) is 1.00. The molecule has 0 bridgehead atoms. The van der Waals surface area contributed by atoms with Crippen molar-refractivity contribution in [3.05, 3.63) is 0 Å². The van der Waals surface area contributed by atoms with Crippen LogP contribution in [0.3, 0.4) is 0 Å². The van der Waals surface area contributed by atoms with E-state index in [-0.39, 0.29) is 6.61 Å². The molecule has 0 aromatic carbocycles. The number of aliphatic hydroxyl groups excluding tert-OH is 3. The molecule has 0 rings (SSSR count). The van der Waals surface area contributed by atoms with Gasteiger partial charge in [-0.15, -0.1) is 0 Å². The third kappa shape index (κ3) is 17.7. The van der Waals surface area contributed by atoms with Gasteiger partial charge in [0.05, 0.1) is 24.9 Å². The van der Waals surface area contributed by atoms with Crippen LogP contribution in [0.25, 0.3) is 0 Å². The number of nitrogens with zero attached hydrogens (tertiary/aromatic N) is 1. The summed E-state index contributed by atoms with van der Waals surface area (Å²) in [6.07, 6.45) is -0.841. The molecule has 0 radical (unpaired) electrons. The minimum Gasteiger partial charge on any atom is -0.437 e. The summed E-state index contributed by atoms with van der Waals surface area (Å²) in [4.78, 5) is 1.86. The molecule has 0 aliphatic heterocycles. The fourth-order valence-electron chi connectivity index (χ4n) is 3.45. The molecule has 0 heterocycles. The molecular weight excluding hydrogens is 422 g/mol. The number of hydrogen-bond donors (Lipinski definition) is 3. The van der Waals surface area contributed by atoms with Gasteiger partial charge >= 0.3 is 8.56 Å². The number of aliphatic hydroxyl groups is 3. The lowest BCUT2D eigenvalue weighted by molar-refractivity contribution is 0.0000951. The van der Waals surface area contributed by atoms with Gasteiger partial charge in [0, 0.05) is 26.2 Å². The number of ether oxygens (including phenoxy) is 1. The highest BCUT2D eigenvalue weighted by Crippen LogP contribution is 2.25. The van der Waals surface area contributed by atoms with Crippen LogP contribution in [-0.4, -0.2) is 96.6 Å². The minimum atomic E-state index is -2.24. The molecule has 0 spiro atoms. The maximum atomic E-state index is 10.3. The van der Waals surface area contributed by atoms with E-state index in [9.17, 15) is 15.3 Å². The molecule has 3 unspecified atom stereocenters. The molecule has 3 N–H and O–H groups in total. The van der Waals surface area contributed by atoms with E-state index in [1.165, 1.54) is 0 Å². The molecule has 0 aliphatic rings. The van der Waals surface area contributed by atoms with Gasteiger partial charge in [-0.3, -0.25) is 4.90 Å². The zero-order valence-corrected chi connectivity index (χ0v) is 23.2. The Labute approximate surface area is 181 Å². The van der Waals surface area contributed by atoms with Crippen LogP contribution in [0.4, 0.5) is 0 Å². The second-order valence-electron chi connectivity index (χ2n) is 10.3. The summed E-state index contributed by atoms with van der Waals surface area (Å²) < 4.78 is 18.7. The van der Waals surface area contributed by atoms with Gasteiger partial charge in [0.1, 0.15) is 0 Å². The Morgan fingerprint density at radius 2 is 1.21 bits per heavy atom. The van der Waals surface area contributed by atoms with Crippen LogP contribution >= 0.6 is 0 Å². The van der Waals surface area contributed by atoms with Crippen molar-refractivity contribution in [1.29, 1.82) is 0 Å². The Hall–Kier alpha value is 0.371. The molecule has 0 aromatic heterocycles. The van der Waals surface area contributed by atoms with E-state index in [0.717, 1.165) is 12.5 Å². The van der Waals surface area contributed by atoms with E-state index in [4.69, 9.17) is 13.0 Å². The molecule has 0 amide bonds. The minimum absolute atomic E-state index is 0.234. The Bertz CT molecular complexity index is 415. The maximum Gasteiger partial charge on any atom is 0.314 e. The summed E-state index contributed by atoms with van der Waals surface area (Å²) in [6, 6.07) is 0.883. The molecule has 7 nitrogen and oxygen atoms in total. The highest BCUT2D eigenvalue weighted by atomic mass is 28.5. The van der Waals surface area contributed by atoms with Crippen LogP contribution in [0.15, 0.2) is 0 Å². The summed E-state index contributed by atoms with van der Waals surface area (Å²) in [5.41, 5.74) is 0. The van der Waals surface area contributed by atoms with Crippen molar-refractivity contribution in [3.8, 4) is 0 Å². The first kappa shape index (κ1) is 29.4. The maximum absolute atomic E-state index is 10.3. The van der Waals surface area contributed by atoms with E-state index in [1.807, 2.05) is 4.90 Å². The van der Waals surface area contributed by atoms with Crippen molar-refractivity contribution in [2.24, 2.45) is 0 Å². The van der Waals surface area contributed by atoms with Gasteiger partial charge in [-0.1, -0.05) is 0 Å². The van der Waals surface area contributed by atoms with E-state index in [0.29, 0.717) is 26.2 Å². The van der Waals surface area contributed by atoms with Crippen molar-refractivity contribution in [2.45, 2.75) is 90.5 Å². The van der Waals surface area contributed by atoms with Crippen molar-refractivity contribution in [3.63, 3.8) is 0 Å². The molecular formula is C19H47NO6Si3. The summed E-state index contributed by atoms with van der Waals surface area (Å²) in [6.45, 7) is 20.7. The standard InChI is InChI=1S/C19H47NO6Si3/c1-17(21)13-20(14-18(2)22)15-19(23)16-24-11-10-12-29(9,25-27(3,4)5)26-28(6,7)8/h17-19,21-23H,10-16H2,1-9H3. The average Bonchev–Trinajstić information content (AvgIpc) is 2.40. The van der Waals surface area contributed by atoms with Crippen molar-refractivity contribution >= 4 is 25.2 Å². The summed E-state index contributed by atoms with van der Waals surface area (Å²) in [7, 11) is -5.63. The van der Waals surface area contributed by atoms with E-state index in [1.54, 1.807) is 13.8 Å². The molecule has 0 aliphatic carbocycles. The van der Waals surface area contributed by atoms with Gasteiger partial charge in [0.2, 0.25) is 0 Å². The molecule has 3 atom stereocenters. The Morgan fingerprint density at radius 3 is 1.59 bits per heavy atom. The van der Waals surface area contributed by atoms with Crippen molar-refractivity contribution in [2.75, 3.05) is 32.8 Å². The SMILES string of the molecule is CC(O)CN(CC(C)O)CC(O)COCCC[Si](C)(O[Si](C)(C)C)O[Si](C)(C)C. The molecule has 176 valence electrons. The monoisotopic (exact) mass is 469 g/mol. The Morgan fingerprint density at radius 1 is 0.759 bits per heavy atom. The van der Waals surface area contributed by atoms with Crippen LogP contribution in [0.2, 0.25) is 51.9 Å². The average molecular weight is 470 g/mol. The van der Waals surface area contributed by atoms with Gasteiger partial charge in [0.15, 0.2) is 16.6 Å². The van der Waals surface area contributed by atoms with Gasteiger partial charge in [-0.05, 0) is 72.1 Å². The zero-order chi connectivity index (χ0) is 22.9. The highest BCUT2D eigenvalue weighted by molar-refractivity contribution is 6.87. The third-order valence-electron chi connectivity index (χ3n) is 3.79. The molecule has 0 aromatic rings. The second kappa shape index (κ2) is 13.0.